The Kier molecular flexibility index (Phi) is 5.23. The van der Waals surface area contributed by atoms with Crippen molar-refractivity contribution in [1.82, 2.24) is 0 Å². The minimum atomic E-state index is -4.10. The molecule has 0 fully saturated rings. The Balaban J connectivity index is 2.69. The average Bonchev–Trinajstić information content (AvgIpc) is 2.37. The molecule has 1 aromatic carbocycles. The van der Waals surface area contributed by atoms with Crippen molar-refractivity contribution in [2.24, 2.45) is 5.73 Å². The van der Waals surface area contributed by atoms with E-state index in [1.54, 1.807) is 0 Å². The van der Waals surface area contributed by atoms with Gasteiger partial charge in [0.05, 0.1) is 0 Å². The molecule has 0 heterocycles. The molecule has 0 aliphatic heterocycles. The molecule has 1 unspecified atom stereocenters. The Morgan fingerprint density at radius 3 is 2.16 bits per heavy atom. The van der Waals surface area contributed by atoms with Crippen molar-refractivity contribution in [2.45, 2.75) is 37.9 Å². The highest BCUT2D eigenvalue weighted by Gasteiger charge is 2.31. The highest BCUT2D eigenvalue weighted by molar-refractivity contribution is 5.47. The molecule has 1 rings (SSSR count). The first-order valence-corrected chi connectivity index (χ1v) is 6.34. The van der Waals surface area contributed by atoms with E-state index in [1.165, 1.54) is 0 Å². The van der Waals surface area contributed by atoms with Gasteiger partial charge < -0.3 is 10.6 Å². The summed E-state index contributed by atoms with van der Waals surface area (Å²) in [6, 6.07) is 9.56. The molecule has 0 aromatic heterocycles. The molecule has 5 heteroatoms. The zero-order valence-electron chi connectivity index (χ0n) is 11.4. The third-order valence-electron chi connectivity index (χ3n) is 3.57. The predicted molar refractivity (Wildman–Crippen MR) is 72.2 cm³/mol. The first-order chi connectivity index (χ1) is 8.78. The Bertz CT molecular complexity index is 378. The topological polar surface area (TPSA) is 29.3 Å². The first kappa shape index (κ1) is 15.8. The van der Waals surface area contributed by atoms with E-state index < -0.39 is 18.1 Å². The van der Waals surface area contributed by atoms with E-state index in [0.29, 0.717) is 13.0 Å². The zero-order chi connectivity index (χ0) is 14.5. The second kappa shape index (κ2) is 6.28. The van der Waals surface area contributed by atoms with E-state index in [1.807, 2.05) is 49.2 Å². The summed E-state index contributed by atoms with van der Waals surface area (Å²) >= 11 is 0. The fourth-order valence-corrected chi connectivity index (χ4v) is 2.04. The van der Waals surface area contributed by atoms with Crippen LogP contribution < -0.4 is 10.6 Å². The van der Waals surface area contributed by atoms with Crippen LogP contribution in [0.1, 0.15) is 26.2 Å². The van der Waals surface area contributed by atoms with E-state index >= 15 is 0 Å². The number of rotatable bonds is 6. The predicted octanol–water partition coefficient (Wildman–Crippen LogP) is 3.57. The number of hydrogen-bond acceptors (Lipinski definition) is 2. The van der Waals surface area contributed by atoms with Crippen molar-refractivity contribution in [1.29, 1.82) is 0 Å². The van der Waals surface area contributed by atoms with Crippen LogP contribution in [0.2, 0.25) is 0 Å². The van der Waals surface area contributed by atoms with E-state index in [0.717, 1.165) is 5.69 Å². The Hall–Kier alpha value is -1.23. The molecular weight excluding hydrogens is 253 g/mol. The summed E-state index contributed by atoms with van der Waals surface area (Å²) in [6.45, 7) is 2.21. The highest BCUT2D eigenvalue weighted by atomic mass is 19.4. The van der Waals surface area contributed by atoms with Crippen molar-refractivity contribution < 1.29 is 13.2 Å². The van der Waals surface area contributed by atoms with Crippen LogP contribution in [-0.4, -0.2) is 25.3 Å². The van der Waals surface area contributed by atoms with Gasteiger partial charge in [-0.2, -0.15) is 13.2 Å². The molecule has 0 aliphatic carbocycles. The summed E-state index contributed by atoms with van der Waals surface area (Å²) in [5.41, 5.74) is 6.27. The maximum Gasteiger partial charge on any atom is 0.389 e. The number of hydrogen-bond donors (Lipinski definition) is 1. The summed E-state index contributed by atoms with van der Waals surface area (Å²) in [7, 11) is 1.87. The van der Waals surface area contributed by atoms with Gasteiger partial charge in [-0.3, -0.25) is 0 Å². The third-order valence-corrected chi connectivity index (χ3v) is 3.57. The van der Waals surface area contributed by atoms with Crippen molar-refractivity contribution in [3.05, 3.63) is 30.3 Å². The number of alkyl halides is 3. The lowest BCUT2D eigenvalue weighted by atomic mass is 9.92. The second-order valence-electron chi connectivity index (χ2n) is 5.06. The molecule has 0 radical (unpaired) electrons. The Morgan fingerprint density at radius 1 is 1.11 bits per heavy atom. The second-order valence-corrected chi connectivity index (χ2v) is 5.06. The monoisotopic (exact) mass is 274 g/mol. The van der Waals surface area contributed by atoms with Gasteiger partial charge in [0.2, 0.25) is 0 Å². The summed E-state index contributed by atoms with van der Waals surface area (Å²) < 4.78 is 36.6. The van der Waals surface area contributed by atoms with Crippen LogP contribution >= 0.6 is 0 Å². The van der Waals surface area contributed by atoms with Gasteiger partial charge in [0.1, 0.15) is 0 Å². The summed E-state index contributed by atoms with van der Waals surface area (Å²) in [5.74, 6) is 0. The fourth-order valence-electron chi connectivity index (χ4n) is 2.04. The molecule has 0 aliphatic rings. The maximum atomic E-state index is 12.2. The number of nitrogens with zero attached hydrogens (tertiary/aromatic N) is 1. The molecule has 108 valence electrons. The van der Waals surface area contributed by atoms with Gasteiger partial charge in [0.25, 0.3) is 0 Å². The number of halogens is 3. The van der Waals surface area contributed by atoms with Crippen LogP contribution in [0.4, 0.5) is 18.9 Å². The lowest BCUT2D eigenvalue weighted by molar-refractivity contribution is -0.136. The number of likely N-dealkylation sites (N-methyl/N-ethyl adjacent to an activating group) is 1. The van der Waals surface area contributed by atoms with Crippen LogP contribution in [0.5, 0.6) is 0 Å². The van der Waals surface area contributed by atoms with E-state index in [2.05, 4.69) is 0 Å². The third kappa shape index (κ3) is 4.74. The van der Waals surface area contributed by atoms with Gasteiger partial charge in [-0.1, -0.05) is 18.2 Å². The molecule has 0 saturated heterocycles. The summed E-state index contributed by atoms with van der Waals surface area (Å²) in [4.78, 5) is 1.96. The number of nitrogens with two attached hydrogens (primary N) is 1. The van der Waals surface area contributed by atoms with Gasteiger partial charge >= 0.3 is 6.18 Å². The van der Waals surface area contributed by atoms with Crippen molar-refractivity contribution in [3.8, 4) is 0 Å². The van der Waals surface area contributed by atoms with Gasteiger partial charge in [-0.15, -0.1) is 0 Å². The minimum Gasteiger partial charge on any atom is -0.368 e. The van der Waals surface area contributed by atoms with Crippen molar-refractivity contribution in [3.63, 3.8) is 0 Å². The largest absolute Gasteiger partial charge is 0.389 e. The SMILES string of the molecule is CN(c1ccccc1)C(C)(CN)CCCC(F)(F)F. The standard InChI is InChI=1S/C14H21F3N2/c1-13(11-18,9-6-10-14(15,16)17)19(2)12-7-4-3-5-8-12/h3-5,7-8H,6,9-11,18H2,1-2H3. The molecule has 19 heavy (non-hydrogen) atoms. The molecular formula is C14H21F3N2. The van der Waals surface area contributed by atoms with Crippen molar-refractivity contribution >= 4 is 5.69 Å². The summed E-state index contributed by atoms with van der Waals surface area (Å²) in [5, 5.41) is 0. The molecule has 1 atom stereocenters. The lowest BCUT2D eigenvalue weighted by Crippen LogP contribution is -2.50. The quantitative estimate of drug-likeness (QED) is 0.859. The number of anilines is 1. The van der Waals surface area contributed by atoms with E-state index in [9.17, 15) is 13.2 Å². The van der Waals surface area contributed by atoms with Crippen LogP contribution in [0.15, 0.2) is 30.3 Å². The van der Waals surface area contributed by atoms with Crippen LogP contribution in [-0.2, 0) is 0 Å². The highest BCUT2D eigenvalue weighted by Crippen LogP contribution is 2.29. The molecule has 0 amide bonds. The molecule has 2 N–H and O–H groups in total. The summed E-state index contributed by atoms with van der Waals surface area (Å²) in [6.07, 6.45) is -4.35. The fraction of sp³-hybridized carbons (Fsp3) is 0.571. The van der Waals surface area contributed by atoms with Gasteiger partial charge in [0, 0.05) is 31.2 Å². The van der Waals surface area contributed by atoms with Crippen LogP contribution in [0.3, 0.4) is 0 Å². The molecule has 0 bridgehead atoms. The first-order valence-electron chi connectivity index (χ1n) is 6.34. The Labute approximate surface area is 112 Å². The van der Waals surface area contributed by atoms with Crippen molar-refractivity contribution in [2.75, 3.05) is 18.5 Å². The minimum absolute atomic E-state index is 0.0916. The number of benzene rings is 1. The van der Waals surface area contributed by atoms with Gasteiger partial charge in [-0.05, 0) is 31.9 Å². The maximum absolute atomic E-state index is 12.2. The molecule has 2 nitrogen and oxygen atoms in total. The van der Waals surface area contributed by atoms with E-state index in [-0.39, 0.29) is 6.42 Å². The zero-order valence-corrected chi connectivity index (χ0v) is 11.4. The van der Waals surface area contributed by atoms with Crippen LogP contribution in [0.25, 0.3) is 0 Å². The smallest absolute Gasteiger partial charge is 0.368 e. The lowest BCUT2D eigenvalue weighted by Gasteiger charge is -2.40. The normalized spacial score (nSPS) is 15.1. The average molecular weight is 274 g/mol. The van der Waals surface area contributed by atoms with E-state index in [4.69, 9.17) is 5.73 Å². The van der Waals surface area contributed by atoms with Crippen LogP contribution in [0, 0.1) is 0 Å². The number of para-hydroxylation sites is 1. The van der Waals surface area contributed by atoms with Gasteiger partial charge in [0.15, 0.2) is 0 Å². The molecule has 0 saturated carbocycles. The Morgan fingerprint density at radius 2 is 1.68 bits per heavy atom. The molecule has 0 spiro atoms. The van der Waals surface area contributed by atoms with Gasteiger partial charge in [-0.25, -0.2) is 0 Å². The molecule has 1 aromatic rings.